The summed E-state index contributed by atoms with van der Waals surface area (Å²) in [4.78, 5) is 23.4. The van der Waals surface area contributed by atoms with E-state index < -0.39 is 11.8 Å². The summed E-state index contributed by atoms with van der Waals surface area (Å²) in [6.07, 6.45) is 0. The molecule has 0 unspecified atom stereocenters. The zero-order valence-corrected chi connectivity index (χ0v) is 11.5. The van der Waals surface area contributed by atoms with E-state index in [0.29, 0.717) is 17.3 Å². The van der Waals surface area contributed by atoms with E-state index in [1.165, 1.54) is 7.11 Å². The molecule has 0 atom stereocenters. The first-order valence-corrected chi connectivity index (χ1v) is 6.11. The van der Waals surface area contributed by atoms with Gasteiger partial charge in [0, 0.05) is 6.92 Å². The first-order valence-electron chi connectivity index (χ1n) is 6.11. The molecule has 1 heterocycles. The van der Waals surface area contributed by atoms with Gasteiger partial charge in [-0.2, -0.15) is 0 Å². The van der Waals surface area contributed by atoms with Crippen molar-refractivity contribution in [3.05, 3.63) is 36.0 Å². The van der Waals surface area contributed by atoms with E-state index in [1.807, 2.05) is 0 Å². The average Bonchev–Trinajstić information content (AvgIpc) is 2.91. The number of methoxy groups -OCH3 is 1. The largest absolute Gasteiger partial charge is 0.495 e. The lowest BCUT2D eigenvalue weighted by Gasteiger charge is -2.09. The number of hydrogen-bond acceptors (Lipinski definition) is 6. The number of para-hydroxylation sites is 2. The Morgan fingerprint density at radius 3 is 2.67 bits per heavy atom. The van der Waals surface area contributed by atoms with Crippen molar-refractivity contribution in [3.63, 3.8) is 0 Å². The average molecular weight is 290 g/mol. The van der Waals surface area contributed by atoms with Crippen molar-refractivity contribution >= 4 is 17.5 Å². The Hall–Kier alpha value is -2.90. The highest BCUT2D eigenvalue weighted by atomic mass is 16.5. The Kier molecular flexibility index (Phi) is 4.50. The topological polar surface area (TPSA) is 106 Å². The molecule has 2 amide bonds. The summed E-state index contributed by atoms with van der Waals surface area (Å²) in [6.45, 7) is 1.62. The van der Waals surface area contributed by atoms with Crippen LogP contribution in [0.1, 0.15) is 11.8 Å². The lowest BCUT2D eigenvalue weighted by molar-refractivity contribution is -0.136. The van der Waals surface area contributed by atoms with E-state index in [9.17, 15) is 9.59 Å². The third kappa shape index (κ3) is 3.78. The Morgan fingerprint density at radius 2 is 2.00 bits per heavy atom. The van der Waals surface area contributed by atoms with E-state index in [2.05, 4.69) is 20.8 Å². The normalized spacial score (nSPS) is 10.0. The van der Waals surface area contributed by atoms with E-state index in [1.54, 1.807) is 31.2 Å². The van der Waals surface area contributed by atoms with Gasteiger partial charge in [-0.15, -0.1) is 10.2 Å². The number of nitrogens with zero attached hydrogens (tertiary/aromatic N) is 2. The molecule has 1 aromatic carbocycles. The van der Waals surface area contributed by atoms with Crippen molar-refractivity contribution in [1.82, 2.24) is 15.5 Å². The second kappa shape index (κ2) is 6.51. The fourth-order valence-electron chi connectivity index (χ4n) is 1.57. The second-order valence-electron chi connectivity index (χ2n) is 4.05. The molecule has 110 valence electrons. The number of rotatable bonds is 4. The maximum Gasteiger partial charge on any atom is 0.313 e. The molecule has 0 radical (unpaired) electrons. The van der Waals surface area contributed by atoms with Crippen LogP contribution in [0.5, 0.6) is 5.75 Å². The van der Waals surface area contributed by atoms with Crippen molar-refractivity contribution in [2.45, 2.75) is 13.5 Å². The van der Waals surface area contributed by atoms with Gasteiger partial charge in [-0.1, -0.05) is 12.1 Å². The van der Waals surface area contributed by atoms with Gasteiger partial charge in [0.1, 0.15) is 5.75 Å². The molecule has 8 nitrogen and oxygen atoms in total. The number of ether oxygens (including phenoxy) is 1. The number of nitrogens with one attached hydrogen (secondary N) is 2. The molecule has 2 aromatic rings. The van der Waals surface area contributed by atoms with Crippen LogP contribution in [-0.2, 0) is 16.1 Å². The molecule has 0 aliphatic carbocycles. The number of aryl methyl sites for hydroxylation is 1. The van der Waals surface area contributed by atoms with E-state index in [4.69, 9.17) is 9.15 Å². The first-order chi connectivity index (χ1) is 10.1. The summed E-state index contributed by atoms with van der Waals surface area (Å²) in [7, 11) is 1.48. The van der Waals surface area contributed by atoms with Crippen LogP contribution < -0.4 is 15.4 Å². The Balaban J connectivity index is 1.92. The molecule has 2 rings (SSSR count). The molecule has 1 aromatic heterocycles. The lowest BCUT2D eigenvalue weighted by Crippen LogP contribution is -2.35. The molecule has 0 saturated heterocycles. The van der Waals surface area contributed by atoms with Gasteiger partial charge in [0.05, 0.1) is 19.3 Å². The molecule has 21 heavy (non-hydrogen) atoms. The van der Waals surface area contributed by atoms with Gasteiger partial charge in [0.25, 0.3) is 0 Å². The molecule has 0 bridgehead atoms. The predicted octanol–water partition coefficient (Wildman–Crippen LogP) is 0.642. The zero-order chi connectivity index (χ0) is 15.2. The third-order valence-electron chi connectivity index (χ3n) is 2.53. The number of amides is 2. The van der Waals surface area contributed by atoms with Gasteiger partial charge in [-0.3, -0.25) is 9.59 Å². The highest BCUT2D eigenvalue weighted by molar-refractivity contribution is 6.39. The second-order valence-corrected chi connectivity index (χ2v) is 4.05. The Morgan fingerprint density at radius 1 is 1.24 bits per heavy atom. The summed E-state index contributed by atoms with van der Waals surface area (Å²) in [6, 6.07) is 6.78. The van der Waals surface area contributed by atoms with Gasteiger partial charge >= 0.3 is 11.8 Å². The van der Waals surface area contributed by atoms with Gasteiger partial charge in [0.15, 0.2) is 0 Å². The quantitative estimate of drug-likeness (QED) is 0.800. The first kappa shape index (κ1) is 14.5. The molecule has 0 spiro atoms. The van der Waals surface area contributed by atoms with Crippen LogP contribution >= 0.6 is 0 Å². The lowest BCUT2D eigenvalue weighted by atomic mass is 10.3. The van der Waals surface area contributed by atoms with Gasteiger partial charge in [-0.25, -0.2) is 0 Å². The van der Waals surface area contributed by atoms with Crippen LogP contribution in [0, 0.1) is 6.92 Å². The maximum absolute atomic E-state index is 11.8. The minimum Gasteiger partial charge on any atom is -0.495 e. The smallest absolute Gasteiger partial charge is 0.313 e. The van der Waals surface area contributed by atoms with Gasteiger partial charge in [0.2, 0.25) is 11.8 Å². The van der Waals surface area contributed by atoms with Crippen LogP contribution in [0.15, 0.2) is 28.7 Å². The molecule has 0 fully saturated rings. The number of hydrogen-bond donors (Lipinski definition) is 2. The highest BCUT2D eigenvalue weighted by Crippen LogP contribution is 2.22. The van der Waals surface area contributed by atoms with E-state index in [0.717, 1.165) is 0 Å². The van der Waals surface area contributed by atoms with Crippen molar-refractivity contribution in [2.24, 2.45) is 0 Å². The summed E-state index contributed by atoms with van der Waals surface area (Å²) >= 11 is 0. The molecular formula is C13H14N4O4. The van der Waals surface area contributed by atoms with Crippen LogP contribution in [-0.4, -0.2) is 29.1 Å². The highest BCUT2D eigenvalue weighted by Gasteiger charge is 2.16. The van der Waals surface area contributed by atoms with E-state index in [-0.39, 0.29) is 12.4 Å². The number of benzene rings is 1. The molecule has 0 saturated carbocycles. The minimum atomic E-state index is -0.810. The molecule has 2 N–H and O–H groups in total. The SMILES string of the molecule is COc1ccccc1NC(=O)C(=O)NCc1nnc(C)o1. The summed E-state index contributed by atoms with van der Waals surface area (Å²) in [5, 5.41) is 12.2. The van der Waals surface area contributed by atoms with Crippen molar-refractivity contribution in [1.29, 1.82) is 0 Å². The molecule has 0 aliphatic rings. The summed E-state index contributed by atoms with van der Waals surface area (Å²) in [5.74, 6) is -0.540. The Bertz CT molecular complexity index is 653. The standard InChI is InChI=1S/C13H14N4O4/c1-8-16-17-11(21-8)7-14-12(18)13(19)15-9-5-3-4-6-10(9)20-2/h3-6H,7H2,1-2H3,(H,14,18)(H,15,19). The van der Waals surface area contributed by atoms with Crippen molar-refractivity contribution in [3.8, 4) is 5.75 Å². The fraction of sp³-hybridized carbons (Fsp3) is 0.231. The third-order valence-corrected chi connectivity index (χ3v) is 2.53. The van der Waals surface area contributed by atoms with Crippen LogP contribution in [0.25, 0.3) is 0 Å². The number of anilines is 1. The summed E-state index contributed by atoms with van der Waals surface area (Å²) < 4.78 is 10.2. The monoisotopic (exact) mass is 290 g/mol. The van der Waals surface area contributed by atoms with Crippen LogP contribution in [0.3, 0.4) is 0 Å². The fourth-order valence-corrected chi connectivity index (χ4v) is 1.57. The predicted molar refractivity (Wildman–Crippen MR) is 72.5 cm³/mol. The van der Waals surface area contributed by atoms with Crippen molar-refractivity contribution < 1.29 is 18.7 Å². The maximum atomic E-state index is 11.8. The Labute approximate surface area is 120 Å². The number of carbonyl (C=O) groups excluding carboxylic acids is 2. The van der Waals surface area contributed by atoms with Crippen LogP contribution in [0.2, 0.25) is 0 Å². The number of carbonyl (C=O) groups is 2. The number of aromatic nitrogens is 2. The van der Waals surface area contributed by atoms with Crippen molar-refractivity contribution in [2.75, 3.05) is 12.4 Å². The summed E-state index contributed by atoms with van der Waals surface area (Å²) in [5.41, 5.74) is 0.411. The minimum absolute atomic E-state index is 0.0149. The van der Waals surface area contributed by atoms with Crippen LogP contribution in [0.4, 0.5) is 5.69 Å². The molecule has 8 heteroatoms. The zero-order valence-electron chi connectivity index (χ0n) is 11.5. The molecular weight excluding hydrogens is 276 g/mol. The molecule has 0 aliphatic heterocycles. The van der Waals surface area contributed by atoms with Gasteiger partial charge in [-0.05, 0) is 12.1 Å². The van der Waals surface area contributed by atoms with E-state index >= 15 is 0 Å². The van der Waals surface area contributed by atoms with Gasteiger partial charge < -0.3 is 19.8 Å².